The molecule has 0 atom stereocenters. The van der Waals surface area contributed by atoms with Crippen molar-refractivity contribution in [1.29, 1.82) is 0 Å². The van der Waals surface area contributed by atoms with E-state index in [9.17, 15) is 4.79 Å². The summed E-state index contributed by atoms with van der Waals surface area (Å²) in [7, 11) is 0. The Morgan fingerprint density at radius 2 is 1.90 bits per heavy atom. The molecule has 0 heterocycles. The molecule has 0 fully saturated rings. The first-order valence-corrected chi connectivity index (χ1v) is 2.41. The number of rotatable bonds is 2. The minimum atomic E-state index is -1.08. The van der Waals surface area contributed by atoms with Gasteiger partial charge in [0.05, 0.1) is 0 Å². The highest BCUT2D eigenvalue weighted by molar-refractivity contribution is 6.92. The molecule has 0 aromatic heterocycles. The van der Waals surface area contributed by atoms with Gasteiger partial charge in [-0.1, -0.05) is 21.9 Å². The lowest BCUT2D eigenvalue weighted by molar-refractivity contribution is -0.111. The minimum Gasteiger partial charge on any atom is -0.410 e. The molecule has 0 aromatic rings. The number of primary amides is 1. The van der Waals surface area contributed by atoms with E-state index in [1.807, 2.05) is 0 Å². The van der Waals surface area contributed by atoms with Crippen LogP contribution in [0.25, 0.3) is 0 Å². The lowest BCUT2D eigenvalue weighted by Crippen LogP contribution is -2.28. The van der Waals surface area contributed by atoms with E-state index in [1.54, 1.807) is 0 Å². The van der Waals surface area contributed by atoms with Crippen LogP contribution in [0.5, 0.6) is 0 Å². The summed E-state index contributed by atoms with van der Waals surface area (Å²) in [5.41, 5.74) is 3.93. The van der Waals surface area contributed by atoms with E-state index in [2.05, 4.69) is 16.0 Å². The summed E-state index contributed by atoms with van der Waals surface area (Å²) in [6.07, 6.45) is 0. The summed E-state index contributed by atoms with van der Waals surface area (Å²) in [6, 6.07) is 0. The van der Waals surface area contributed by atoms with E-state index in [0.29, 0.717) is 0 Å². The summed E-state index contributed by atoms with van der Waals surface area (Å²) in [6.45, 7) is 0. The van der Waals surface area contributed by atoms with Crippen molar-refractivity contribution in [3.63, 3.8) is 0 Å². The monoisotopic (exact) mass is 165 g/mol. The molecule has 0 unspecified atom stereocenters. The van der Waals surface area contributed by atoms with Crippen LogP contribution >= 0.6 is 11.6 Å². The predicted molar refractivity (Wildman–Crippen MR) is 33.5 cm³/mol. The quantitative estimate of drug-likeness (QED) is 0.287. The van der Waals surface area contributed by atoms with Crippen molar-refractivity contribution in [2.75, 3.05) is 0 Å². The lowest BCUT2D eigenvalue weighted by Gasteiger charge is -1.91. The fourth-order valence-corrected chi connectivity index (χ4v) is 0.370. The van der Waals surface area contributed by atoms with E-state index in [0.717, 1.165) is 0 Å². The Bertz CT molecular complexity index is 199. The van der Waals surface area contributed by atoms with Gasteiger partial charge in [0.1, 0.15) is 0 Å². The van der Waals surface area contributed by atoms with Gasteiger partial charge in [0.2, 0.25) is 10.9 Å². The second-order valence-electron chi connectivity index (χ2n) is 1.20. The number of amides is 1. The predicted octanol–water partition coefficient (Wildman–Crippen LogP) is -0.672. The number of hydrogen-bond donors (Lipinski definition) is 3. The fourth-order valence-electron chi connectivity index (χ4n) is 0.240. The Balaban J connectivity index is 4.56. The normalized spacial score (nSPS) is 13.3. The van der Waals surface area contributed by atoms with E-state index < -0.39 is 16.8 Å². The Kier molecular flexibility index (Phi) is 3.20. The summed E-state index contributed by atoms with van der Waals surface area (Å²) >= 11 is 5.03. The van der Waals surface area contributed by atoms with Crippen molar-refractivity contribution in [2.45, 2.75) is 0 Å². The second kappa shape index (κ2) is 3.67. The molecule has 0 aromatic carbocycles. The molecule has 0 saturated heterocycles. The van der Waals surface area contributed by atoms with Crippen LogP contribution in [0.4, 0.5) is 0 Å². The van der Waals surface area contributed by atoms with Crippen LogP contribution in [0.15, 0.2) is 10.3 Å². The number of nitrogens with zero attached hydrogens (tertiary/aromatic N) is 2. The number of nitrogens with two attached hydrogens (primary N) is 1. The van der Waals surface area contributed by atoms with Gasteiger partial charge in [-0.15, -0.1) is 0 Å². The molecule has 4 N–H and O–H groups in total. The maximum absolute atomic E-state index is 10.2. The van der Waals surface area contributed by atoms with Crippen molar-refractivity contribution in [3.8, 4) is 0 Å². The number of halogens is 1. The summed E-state index contributed by atoms with van der Waals surface area (Å²) in [4.78, 5) is 10.2. The molecule has 0 aliphatic carbocycles. The molecule has 0 radical (unpaired) electrons. The van der Waals surface area contributed by atoms with Gasteiger partial charge in [0, 0.05) is 0 Å². The van der Waals surface area contributed by atoms with Gasteiger partial charge < -0.3 is 16.1 Å². The van der Waals surface area contributed by atoms with Gasteiger partial charge in [0.15, 0.2) is 0 Å². The summed E-state index contributed by atoms with van der Waals surface area (Å²) in [5, 5.41) is 20.0. The van der Waals surface area contributed by atoms with Crippen molar-refractivity contribution in [1.82, 2.24) is 0 Å². The van der Waals surface area contributed by atoms with Gasteiger partial charge >= 0.3 is 0 Å². The maximum atomic E-state index is 10.2. The zero-order valence-corrected chi connectivity index (χ0v) is 5.41. The largest absolute Gasteiger partial charge is 0.410 e. The molecule has 0 aliphatic rings. The van der Waals surface area contributed by atoms with Gasteiger partial charge in [-0.05, 0) is 0 Å². The number of carbonyl (C=O) groups is 1. The smallest absolute Gasteiger partial charge is 0.274 e. The third-order valence-electron chi connectivity index (χ3n) is 0.617. The van der Waals surface area contributed by atoms with Crippen LogP contribution in [-0.2, 0) is 4.79 Å². The molecule has 1 amide bonds. The first-order valence-electron chi connectivity index (χ1n) is 2.03. The van der Waals surface area contributed by atoms with Crippen LogP contribution in [0.2, 0.25) is 0 Å². The third kappa shape index (κ3) is 1.90. The van der Waals surface area contributed by atoms with Gasteiger partial charge in [-0.3, -0.25) is 4.79 Å². The molecule has 0 aliphatic heterocycles. The van der Waals surface area contributed by atoms with E-state index in [-0.39, 0.29) is 0 Å². The average molecular weight is 166 g/mol. The first kappa shape index (κ1) is 8.70. The standard InChI is InChI=1S/C3H4ClN3O3/c4-2(7-10)1(6-9)3(5)8/h9-10H,(H2,5,8)/b6-1+,7-2-. The Labute approximate surface area is 60.6 Å². The molecule has 10 heavy (non-hydrogen) atoms. The van der Waals surface area contributed by atoms with Gasteiger partial charge in [0.25, 0.3) is 5.91 Å². The SMILES string of the molecule is NC(=O)C(=N/O)/C(Cl)=N/O. The highest BCUT2D eigenvalue weighted by Crippen LogP contribution is 1.88. The number of hydrogen-bond acceptors (Lipinski definition) is 5. The summed E-state index contributed by atoms with van der Waals surface area (Å²) in [5.74, 6) is -1.08. The topological polar surface area (TPSA) is 108 Å². The van der Waals surface area contributed by atoms with Crippen molar-refractivity contribution < 1.29 is 15.2 Å². The molecule has 0 bridgehead atoms. The first-order chi connectivity index (χ1) is 4.63. The molecule has 56 valence electrons. The zero-order chi connectivity index (χ0) is 8.15. The number of oxime groups is 2. The minimum absolute atomic E-state index is 0.657. The van der Waals surface area contributed by atoms with Crippen LogP contribution in [0, 0.1) is 0 Å². The molecule has 7 heteroatoms. The molecule has 0 spiro atoms. The Morgan fingerprint density at radius 1 is 1.40 bits per heavy atom. The van der Waals surface area contributed by atoms with Crippen molar-refractivity contribution in [2.24, 2.45) is 16.0 Å². The van der Waals surface area contributed by atoms with Gasteiger partial charge in [-0.2, -0.15) is 0 Å². The van der Waals surface area contributed by atoms with Crippen LogP contribution in [0.3, 0.4) is 0 Å². The Hall–Kier alpha value is -1.30. The molecule has 0 saturated carbocycles. The van der Waals surface area contributed by atoms with Crippen LogP contribution in [-0.4, -0.2) is 27.2 Å². The fraction of sp³-hybridized carbons (Fsp3) is 0. The zero-order valence-electron chi connectivity index (χ0n) is 4.65. The third-order valence-corrected chi connectivity index (χ3v) is 0.871. The number of carbonyl (C=O) groups excluding carboxylic acids is 1. The highest BCUT2D eigenvalue weighted by atomic mass is 35.5. The van der Waals surface area contributed by atoms with E-state index in [1.165, 1.54) is 0 Å². The van der Waals surface area contributed by atoms with Gasteiger partial charge in [-0.25, -0.2) is 0 Å². The molecular formula is C3H4ClN3O3. The average Bonchev–Trinajstić information content (AvgIpc) is 1.88. The van der Waals surface area contributed by atoms with Crippen molar-refractivity contribution >= 4 is 28.4 Å². The van der Waals surface area contributed by atoms with Crippen LogP contribution in [0.1, 0.15) is 0 Å². The summed E-state index contributed by atoms with van der Waals surface area (Å²) < 4.78 is 0. The molecule has 6 nitrogen and oxygen atoms in total. The van der Waals surface area contributed by atoms with Crippen LogP contribution < -0.4 is 5.73 Å². The molecule has 0 rings (SSSR count). The van der Waals surface area contributed by atoms with E-state index >= 15 is 0 Å². The molecular weight excluding hydrogens is 162 g/mol. The Morgan fingerprint density at radius 3 is 2.00 bits per heavy atom. The lowest BCUT2D eigenvalue weighted by atomic mass is 10.4. The second-order valence-corrected chi connectivity index (χ2v) is 1.56. The highest BCUT2D eigenvalue weighted by Gasteiger charge is 2.13. The van der Waals surface area contributed by atoms with Crippen molar-refractivity contribution in [3.05, 3.63) is 0 Å². The maximum Gasteiger partial charge on any atom is 0.274 e. The van der Waals surface area contributed by atoms with E-state index in [4.69, 9.17) is 22.0 Å².